The van der Waals surface area contributed by atoms with Gasteiger partial charge >= 0.3 is 0 Å². The summed E-state index contributed by atoms with van der Waals surface area (Å²) in [6.07, 6.45) is 0.674. The van der Waals surface area contributed by atoms with Gasteiger partial charge in [0.25, 0.3) is 15.7 Å². The van der Waals surface area contributed by atoms with E-state index in [1.165, 1.54) is 39.8 Å². The van der Waals surface area contributed by atoms with E-state index < -0.39 is 14.9 Å². The number of nitrogens with one attached hydrogen (secondary N) is 1. The Morgan fingerprint density at radius 2 is 1.72 bits per heavy atom. The molecule has 9 nitrogen and oxygen atoms in total. The predicted molar refractivity (Wildman–Crippen MR) is 142 cm³/mol. The number of non-ortho nitro benzene ring substituents is 1. The van der Waals surface area contributed by atoms with Gasteiger partial charge in [-0.1, -0.05) is 36.4 Å². The Balaban J connectivity index is 1.22. The van der Waals surface area contributed by atoms with E-state index >= 15 is 0 Å². The van der Waals surface area contributed by atoms with E-state index in [1.807, 2.05) is 24.3 Å². The second kappa shape index (κ2) is 10.2. The number of aromatic nitrogens is 1. The number of nitro benzene ring substituents is 1. The highest BCUT2D eigenvalue weighted by molar-refractivity contribution is 7.92. The van der Waals surface area contributed by atoms with Gasteiger partial charge in [-0.25, -0.2) is 8.42 Å². The Morgan fingerprint density at radius 3 is 2.53 bits per heavy atom. The number of piperazine rings is 1. The Kier molecular flexibility index (Phi) is 6.86. The number of hydrogen-bond acceptors (Lipinski definition) is 8. The van der Waals surface area contributed by atoms with Crippen LogP contribution in [0.2, 0.25) is 0 Å². The molecule has 1 fully saturated rings. The lowest BCUT2D eigenvalue weighted by atomic mass is 10.1. The van der Waals surface area contributed by atoms with Crippen molar-refractivity contribution in [2.75, 3.05) is 42.3 Å². The Morgan fingerprint density at radius 1 is 0.972 bits per heavy atom. The zero-order valence-corrected chi connectivity index (χ0v) is 21.0. The summed E-state index contributed by atoms with van der Waals surface area (Å²) in [6.45, 7) is 4.35. The summed E-state index contributed by atoms with van der Waals surface area (Å²) in [5, 5.41) is 12.2. The molecule has 1 aliphatic heterocycles. The van der Waals surface area contributed by atoms with Crippen molar-refractivity contribution in [3.63, 3.8) is 0 Å². The summed E-state index contributed by atoms with van der Waals surface area (Å²) in [5.74, 6) is 1.05. The van der Waals surface area contributed by atoms with Crippen LogP contribution in [0, 0.1) is 10.1 Å². The van der Waals surface area contributed by atoms with Crippen molar-refractivity contribution in [3.8, 4) is 0 Å². The highest BCUT2D eigenvalue weighted by Crippen LogP contribution is 2.30. The highest BCUT2D eigenvalue weighted by atomic mass is 32.2. The molecule has 0 radical (unpaired) electrons. The molecular formula is C25H25N5O4S2. The molecule has 3 aromatic carbocycles. The summed E-state index contributed by atoms with van der Waals surface area (Å²) in [5.41, 5.74) is 1.09. The van der Waals surface area contributed by atoms with Crippen molar-refractivity contribution in [1.29, 1.82) is 0 Å². The van der Waals surface area contributed by atoms with Gasteiger partial charge in [0, 0.05) is 50.2 Å². The molecule has 0 bridgehead atoms. The molecule has 1 aliphatic rings. The largest absolute Gasteiger partial charge is 0.353 e. The molecule has 186 valence electrons. The van der Waals surface area contributed by atoms with Crippen LogP contribution in [0.1, 0.15) is 5.56 Å². The third-order valence-corrected chi connectivity index (χ3v) is 8.51. The number of nitro groups is 1. The first-order valence-electron chi connectivity index (χ1n) is 11.6. The number of para-hydroxylation sites is 1. The van der Waals surface area contributed by atoms with E-state index in [1.54, 1.807) is 12.1 Å². The molecule has 1 aromatic heterocycles. The Labute approximate surface area is 213 Å². The Hall–Kier alpha value is -3.54. The molecule has 11 heteroatoms. The van der Waals surface area contributed by atoms with Crippen LogP contribution in [0.25, 0.3) is 10.1 Å². The van der Waals surface area contributed by atoms with Crippen LogP contribution >= 0.6 is 11.5 Å². The first-order chi connectivity index (χ1) is 17.4. The third-order valence-electron chi connectivity index (χ3n) is 6.33. The molecule has 1 N–H and O–H groups in total. The van der Waals surface area contributed by atoms with E-state index in [0.717, 1.165) is 50.2 Å². The average Bonchev–Trinajstić information content (AvgIpc) is 3.33. The first kappa shape index (κ1) is 24.2. The molecule has 0 unspecified atom stereocenters. The summed E-state index contributed by atoms with van der Waals surface area (Å²) in [6, 6.07) is 20.6. The number of hydrogen-bond donors (Lipinski definition) is 1. The third kappa shape index (κ3) is 5.18. The normalized spacial score (nSPS) is 14.7. The molecule has 4 aromatic rings. The zero-order valence-electron chi connectivity index (χ0n) is 19.4. The maximum atomic E-state index is 12.9. The van der Waals surface area contributed by atoms with Crippen LogP contribution in [0.4, 0.5) is 17.2 Å². The van der Waals surface area contributed by atoms with E-state index in [-0.39, 0.29) is 10.6 Å². The maximum absolute atomic E-state index is 12.9. The van der Waals surface area contributed by atoms with Gasteiger partial charge in [0.05, 0.1) is 20.2 Å². The molecule has 5 rings (SSSR count). The standard InChI is InChI=1S/C25H25N5O4S2/c31-30(32)20-7-5-8-21(18-20)36(33,34)27-23-10-3-1-6-19(23)12-13-28-14-16-29(17-15-28)25-22-9-2-4-11-24(22)35-26-25/h1-11,18,27H,12-17H2. The fraction of sp³-hybridized carbons (Fsp3) is 0.240. The van der Waals surface area contributed by atoms with Crippen molar-refractivity contribution in [3.05, 3.63) is 88.5 Å². The average molecular weight is 524 g/mol. The second-order valence-corrected chi connectivity index (χ2v) is 11.1. The van der Waals surface area contributed by atoms with Crippen molar-refractivity contribution in [2.45, 2.75) is 11.3 Å². The number of fused-ring (bicyclic) bond motifs is 1. The lowest BCUT2D eigenvalue weighted by Crippen LogP contribution is -2.47. The molecule has 36 heavy (non-hydrogen) atoms. The summed E-state index contributed by atoms with van der Waals surface area (Å²) in [7, 11) is -3.97. The smallest absolute Gasteiger partial charge is 0.270 e. The van der Waals surface area contributed by atoms with Gasteiger partial charge in [0.1, 0.15) is 5.82 Å². The van der Waals surface area contributed by atoms with E-state index in [4.69, 9.17) is 0 Å². The number of nitrogens with zero attached hydrogens (tertiary/aromatic N) is 4. The number of rotatable bonds is 8. The molecule has 1 saturated heterocycles. The van der Waals surface area contributed by atoms with Gasteiger partial charge in [-0.15, -0.1) is 0 Å². The molecular weight excluding hydrogens is 498 g/mol. The second-order valence-electron chi connectivity index (χ2n) is 8.60. The van der Waals surface area contributed by atoms with Crippen molar-refractivity contribution >= 4 is 48.8 Å². The minimum Gasteiger partial charge on any atom is -0.353 e. The van der Waals surface area contributed by atoms with Gasteiger partial charge in [-0.3, -0.25) is 19.7 Å². The fourth-order valence-corrected chi connectivity index (χ4v) is 6.30. The van der Waals surface area contributed by atoms with Crippen molar-refractivity contribution < 1.29 is 13.3 Å². The number of sulfonamides is 1. The van der Waals surface area contributed by atoms with Crippen LogP contribution in [0.3, 0.4) is 0 Å². The quantitative estimate of drug-likeness (QED) is 0.270. The monoisotopic (exact) mass is 523 g/mol. The molecule has 0 aliphatic carbocycles. The summed E-state index contributed by atoms with van der Waals surface area (Å²) < 4.78 is 34.3. The molecule has 0 atom stereocenters. The lowest BCUT2D eigenvalue weighted by molar-refractivity contribution is -0.385. The van der Waals surface area contributed by atoms with Crippen LogP contribution in [-0.4, -0.2) is 55.3 Å². The lowest BCUT2D eigenvalue weighted by Gasteiger charge is -2.35. The minimum absolute atomic E-state index is 0.141. The summed E-state index contributed by atoms with van der Waals surface area (Å²) in [4.78, 5) is 15.0. The Bertz CT molecular complexity index is 1500. The first-order valence-corrected chi connectivity index (χ1v) is 13.8. The van der Waals surface area contributed by atoms with E-state index in [0.29, 0.717) is 12.1 Å². The van der Waals surface area contributed by atoms with Gasteiger partial charge in [0.15, 0.2) is 0 Å². The van der Waals surface area contributed by atoms with E-state index in [2.05, 4.69) is 31.0 Å². The molecule has 0 amide bonds. The number of anilines is 2. The highest BCUT2D eigenvalue weighted by Gasteiger charge is 2.22. The van der Waals surface area contributed by atoms with Gasteiger partial charge < -0.3 is 4.90 Å². The fourth-order valence-electron chi connectivity index (χ4n) is 4.37. The maximum Gasteiger partial charge on any atom is 0.270 e. The topological polar surface area (TPSA) is 109 Å². The van der Waals surface area contributed by atoms with Gasteiger partial charge in [-0.05, 0) is 47.8 Å². The number of benzene rings is 3. The molecule has 0 spiro atoms. The van der Waals surface area contributed by atoms with Crippen LogP contribution in [0.15, 0.2) is 77.7 Å². The predicted octanol–water partition coefficient (Wildman–Crippen LogP) is 4.37. The van der Waals surface area contributed by atoms with Crippen molar-refractivity contribution in [2.24, 2.45) is 0 Å². The van der Waals surface area contributed by atoms with Crippen LogP contribution < -0.4 is 9.62 Å². The SMILES string of the molecule is O=[N+]([O-])c1cccc(S(=O)(=O)Nc2ccccc2CCN2CCN(c3nsc4ccccc34)CC2)c1. The summed E-state index contributed by atoms with van der Waals surface area (Å²) >= 11 is 1.53. The zero-order chi connectivity index (χ0) is 25.1. The van der Waals surface area contributed by atoms with Crippen LogP contribution in [0.5, 0.6) is 0 Å². The minimum atomic E-state index is -3.97. The molecule has 2 heterocycles. The van der Waals surface area contributed by atoms with Crippen LogP contribution in [-0.2, 0) is 16.4 Å². The molecule has 0 saturated carbocycles. The van der Waals surface area contributed by atoms with Gasteiger partial charge in [-0.2, -0.15) is 4.37 Å². The van der Waals surface area contributed by atoms with E-state index in [9.17, 15) is 18.5 Å². The van der Waals surface area contributed by atoms with Gasteiger partial charge in [0.2, 0.25) is 0 Å². The van der Waals surface area contributed by atoms with Crippen molar-refractivity contribution in [1.82, 2.24) is 9.27 Å².